The first-order valence-corrected chi connectivity index (χ1v) is 7.17. The lowest BCUT2D eigenvalue weighted by atomic mass is 10.3. The maximum absolute atomic E-state index is 4.58. The van der Waals surface area contributed by atoms with Gasteiger partial charge < -0.3 is 14.8 Å². The van der Waals surface area contributed by atoms with E-state index in [0.29, 0.717) is 12.5 Å². The Kier molecular flexibility index (Phi) is 3.27. The van der Waals surface area contributed by atoms with E-state index in [-0.39, 0.29) is 0 Å². The van der Waals surface area contributed by atoms with Crippen LogP contribution in [0.2, 0.25) is 0 Å². The monoisotopic (exact) mass is 288 g/mol. The van der Waals surface area contributed by atoms with Gasteiger partial charge in [0.2, 0.25) is 5.95 Å². The number of anilines is 2. The molecule has 3 aromatic rings. The number of nitrogens with zero attached hydrogens (tertiary/aromatic N) is 5. The molecule has 1 N–H and O–H groups in total. The van der Waals surface area contributed by atoms with Crippen LogP contribution in [0.3, 0.4) is 0 Å². The molecule has 0 saturated heterocycles. The van der Waals surface area contributed by atoms with Crippen LogP contribution in [0.5, 0.6) is 0 Å². The SMILES string of the molecule is CNc1nc(N(C)Cc2nccn2C)c2ccsc2n1. The number of hydrogen-bond acceptors (Lipinski definition) is 6. The van der Waals surface area contributed by atoms with Crippen LogP contribution in [-0.2, 0) is 13.6 Å². The second-order valence-electron chi connectivity index (χ2n) is 4.57. The average Bonchev–Trinajstić information content (AvgIpc) is 3.06. The van der Waals surface area contributed by atoms with E-state index < -0.39 is 0 Å². The first-order chi connectivity index (χ1) is 9.69. The molecule has 0 aliphatic carbocycles. The van der Waals surface area contributed by atoms with Crippen LogP contribution < -0.4 is 10.2 Å². The summed E-state index contributed by atoms with van der Waals surface area (Å²) in [5, 5.41) is 6.12. The molecular formula is C13H16N6S. The maximum atomic E-state index is 4.58. The predicted octanol–water partition coefficient (Wildman–Crippen LogP) is 2.10. The third-order valence-electron chi connectivity index (χ3n) is 3.19. The highest BCUT2D eigenvalue weighted by Gasteiger charge is 2.13. The summed E-state index contributed by atoms with van der Waals surface area (Å²) in [4.78, 5) is 16.5. The lowest BCUT2D eigenvalue weighted by Crippen LogP contribution is -2.20. The smallest absolute Gasteiger partial charge is 0.225 e. The first kappa shape index (κ1) is 12.9. The van der Waals surface area contributed by atoms with Crippen LogP contribution in [0.4, 0.5) is 11.8 Å². The summed E-state index contributed by atoms with van der Waals surface area (Å²) in [5.41, 5.74) is 0. The van der Waals surface area contributed by atoms with Gasteiger partial charge in [0.25, 0.3) is 0 Å². The molecule has 0 fully saturated rings. The molecule has 104 valence electrons. The second kappa shape index (κ2) is 5.09. The van der Waals surface area contributed by atoms with Gasteiger partial charge in [-0.2, -0.15) is 4.98 Å². The number of nitrogens with one attached hydrogen (secondary N) is 1. The lowest BCUT2D eigenvalue weighted by molar-refractivity contribution is 0.757. The summed E-state index contributed by atoms with van der Waals surface area (Å²) in [6, 6.07) is 2.06. The largest absolute Gasteiger partial charge is 0.357 e. The lowest BCUT2D eigenvalue weighted by Gasteiger charge is -2.19. The molecule has 3 rings (SSSR count). The topological polar surface area (TPSA) is 58.9 Å². The molecule has 0 amide bonds. The summed E-state index contributed by atoms with van der Waals surface area (Å²) >= 11 is 1.62. The van der Waals surface area contributed by atoms with E-state index in [2.05, 4.69) is 31.2 Å². The van der Waals surface area contributed by atoms with Crippen LogP contribution in [-0.4, -0.2) is 33.6 Å². The van der Waals surface area contributed by atoms with Crippen LogP contribution in [0.1, 0.15) is 5.82 Å². The highest BCUT2D eigenvalue weighted by molar-refractivity contribution is 7.16. The summed E-state index contributed by atoms with van der Waals surface area (Å²) < 4.78 is 2.02. The molecule has 3 heterocycles. The second-order valence-corrected chi connectivity index (χ2v) is 5.47. The summed E-state index contributed by atoms with van der Waals surface area (Å²) in [6.45, 7) is 0.703. The van der Waals surface area contributed by atoms with E-state index in [9.17, 15) is 0 Å². The molecule has 0 atom stereocenters. The Morgan fingerprint density at radius 1 is 1.40 bits per heavy atom. The molecule has 0 unspecified atom stereocenters. The van der Waals surface area contributed by atoms with E-state index in [0.717, 1.165) is 21.9 Å². The molecule has 7 heteroatoms. The zero-order valence-corrected chi connectivity index (χ0v) is 12.5. The zero-order chi connectivity index (χ0) is 14.1. The van der Waals surface area contributed by atoms with Crippen molar-refractivity contribution in [2.45, 2.75) is 6.54 Å². The predicted molar refractivity (Wildman–Crippen MR) is 82.3 cm³/mol. The molecular weight excluding hydrogens is 272 g/mol. The minimum absolute atomic E-state index is 0.640. The van der Waals surface area contributed by atoms with Crippen molar-refractivity contribution in [1.29, 1.82) is 0 Å². The minimum Gasteiger partial charge on any atom is -0.357 e. The van der Waals surface area contributed by atoms with Crippen molar-refractivity contribution in [2.24, 2.45) is 7.05 Å². The molecule has 0 radical (unpaired) electrons. The van der Waals surface area contributed by atoms with Gasteiger partial charge in [0.1, 0.15) is 16.5 Å². The number of thiophene rings is 1. The van der Waals surface area contributed by atoms with E-state index in [1.165, 1.54) is 0 Å². The number of rotatable bonds is 4. The van der Waals surface area contributed by atoms with Crippen molar-refractivity contribution < 1.29 is 0 Å². The standard InChI is InChI=1S/C13H16N6S/c1-14-13-16-11(9-4-7-20-12(9)17-13)19(3)8-10-15-5-6-18(10)2/h4-7H,8H2,1-3H3,(H,14,16,17). The Morgan fingerprint density at radius 2 is 2.25 bits per heavy atom. The molecule has 0 bridgehead atoms. The van der Waals surface area contributed by atoms with Crippen molar-refractivity contribution in [2.75, 3.05) is 24.3 Å². The Bertz CT molecular complexity index is 731. The van der Waals surface area contributed by atoms with Gasteiger partial charge in [0.05, 0.1) is 11.9 Å². The Labute approximate surface area is 121 Å². The summed E-state index contributed by atoms with van der Waals surface area (Å²) in [6.07, 6.45) is 3.75. The minimum atomic E-state index is 0.640. The normalized spacial score (nSPS) is 10.9. The van der Waals surface area contributed by atoms with Crippen LogP contribution in [0.25, 0.3) is 10.2 Å². The quantitative estimate of drug-likeness (QED) is 0.796. The third-order valence-corrected chi connectivity index (χ3v) is 4.00. The number of hydrogen-bond donors (Lipinski definition) is 1. The maximum Gasteiger partial charge on any atom is 0.225 e. The number of fused-ring (bicyclic) bond motifs is 1. The fourth-order valence-corrected chi connectivity index (χ4v) is 2.84. The van der Waals surface area contributed by atoms with E-state index in [1.807, 2.05) is 43.5 Å². The van der Waals surface area contributed by atoms with E-state index in [1.54, 1.807) is 11.3 Å². The zero-order valence-electron chi connectivity index (χ0n) is 11.7. The first-order valence-electron chi connectivity index (χ1n) is 6.29. The molecule has 0 aliphatic rings. The molecule has 0 saturated carbocycles. The van der Waals surface area contributed by atoms with Gasteiger partial charge in [-0.3, -0.25) is 0 Å². The molecule has 20 heavy (non-hydrogen) atoms. The van der Waals surface area contributed by atoms with Gasteiger partial charge in [0.15, 0.2) is 0 Å². The highest BCUT2D eigenvalue weighted by atomic mass is 32.1. The number of aromatic nitrogens is 4. The molecule has 0 spiro atoms. The highest BCUT2D eigenvalue weighted by Crippen LogP contribution is 2.28. The van der Waals surface area contributed by atoms with Crippen LogP contribution in [0, 0.1) is 0 Å². The van der Waals surface area contributed by atoms with Gasteiger partial charge in [-0.1, -0.05) is 0 Å². The van der Waals surface area contributed by atoms with Crippen molar-refractivity contribution in [1.82, 2.24) is 19.5 Å². The van der Waals surface area contributed by atoms with Crippen LogP contribution >= 0.6 is 11.3 Å². The van der Waals surface area contributed by atoms with Crippen molar-refractivity contribution in [3.8, 4) is 0 Å². The Balaban J connectivity index is 2.00. The molecule has 0 aliphatic heterocycles. The van der Waals surface area contributed by atoms with E-state index in [4.69, 9.17) is 0 Å². The third kappa shape index (κ3) is 2.20. The van der Waals surface area contributed by atoms with Gasteiger partial charge >= 0.3 is 0 Å². The van der Waals surface area contributed by atoms with Crippen molar-refractivity contribution in [3.05, 3.63) is 29.7 Å². The Morgan fingerprint density at radius 3 is 2.95 bits per heavy atom. The van der Waals surface area contributed by atoms with Crippen molar-refractivity contribution >= 4 is 33.3 Å². The molecule has 3 aromatic heterocycles. The molecule has 0 aromatic carbocycles. The van der Waals surface area contributed by atoms with Gasteiger partial charge in [-0.25, -0.2) is 9.97 Å². The van der Waals surface area contributed by atoms with Crippen molar-refractivity contribution in [3.63, 3.8) is 0 Å². The van der Waals surface area contributed by atoms with E-state index >= 15 is 0 Å². The van der Waals surface area contributed by atoms with Gasteiger partial charge in [0, 0.05) is 33.5 Å². The Hall–Kier alpha value is -2.15. The summed E-state index contributed by atoms with van der Waals surface area (Å²) in [7, 11) is 5.85. The van der Waals surface area contributed by atoms with Gasteiger partial charge in [-0.15, -0.1) is 11.3 Å². The average molecular weight is 288 g/mol. The fourth-order valence-electron chi connectivity index (χ4n) is 2.08. The molecule has 6 nitrogen and oxygen atoms in total. The number of aryl methyl sites for hydroxylation is 1. The fraction of sp³-hybridized carbons (Fsp3) is 0.308. The van der Waals surface area contributed by atoms with Gasteiger partial charge in [-0.05, 0) is 11.4 Å². The summed E-state index contributed by atoms with van der Waals surface area (Å²) in [5.74, 6) is 2.56. The number of imidazole rings is 1. The van der Waals surface area contributed by atoms with Crippen LogP contribution in [0.15, 0.2) is 23.8 Å².